The fourth-order valence-electron chi connectivity index (χ4n) is 1.51. The number of hydrogen-bond donors (Lipinski definition) is 0. The maximum absolute atomic E-state index is 12.0. The summed E-state index contributed by atoms with van der Waals surface area (Å²) < 4.78 is 0.718. The van der Waals surface area contributed by atoms with E-state index in [1.165, 1.54) is 11.3 Å². The number of halogens is 1. The van der Waals surface area contributed by atoms with E-state index in [4.69, 9.17) is 11.6 Å². The van der Waals surface area contributed by atoms with Crippen molar-refractivity contribution in [2.45, 2.75) is 6.42 Å². The molecule has 0 saturated heterocycles. The van der Waals surface area contributed by atoms with E-state index in [2.05, 4.69) is 0 Å². The van der Waals surface area contributed by atoms with Crippen molar-refractivity contribution in [3.05, 3.63) is 51.7 Å². The number of thiophene rings is 1. The third kappa shape index (κ3) is 3.08. The lowest BCUT2D eigenvalue weighted by atomic mass is 10.2. The number of amides is 1. The van der Waals surface area contributed by atoms with Gasteiger partial charge in [0.05, 0.1) is 10.8 Å². The van der Waals surface area contributed by atoms with Crippen LogP contribution in [0.2, 0.25) is 4.34 Å². The lowest BCUT2D eigenvalue weighted by molar-refractivity contribution is -0.117. The number of benzene rings is 1. The molecule has 0 radical (unpaired) electrons. The van der Waals surface area contributed by atoms with Crippen molar-refractivity contribution >= 4 is 34.5 Å². The zero-order valence-electron chi connectivity index (χ0n) is 9.39. The van der Waals surface area contributed by atoms with Gasteiger partial charge in [0.15, 0.2) is 0 Å². The molecule has 0 bridgehead atoms. The Morgan fingerprint density at radius 1 is 1.24 bits per heavy atom. The highest BCUT2D eigenvalue weighted by atomic mass is 35.5. The van der Waals surface area contributed by atoms with E-state index in [1.807, 2.05) is 42.5 Å². The normalized spacial score (nSPS) is 10.2. The van der Waals surface area contributed by atoms with Crippen LogP contribution in [0.1, 0.15) is 4.88 Å². The quantitative estimate of drug-likeness (QED) is 0.830. The lowest BCUT2D eigenvalue weighted by Crippen LogP contribution is -2.27. The number of rotatable bonds is 3. The van der Waals surface area contributed by atoms with Gasteiger partial charge in [-0.2, -0.15) is 0 Å². The summed E-state index contributed by atoms with van der Waals surface area (Å²) in [5.74, 6) is 0.0646. The molecule has 0 spiro atoms. The van der Waals surface area contributed by atoms with Crippen molar-refractivity contribution in [1.82, 2.24) is 0 Å². The zero-order valence-corrected chi connectivity index (χ0v) is 11.0. The van der Waals surface area contributed by atoms with Crippen LogP contribution in [0.15, 0.2) is 42.5 Å². The van der Waals surface area contributed by atoms with Gasteiger partial charge in [0.2, 0.25) is 5.91 Å². The molecule has 0 aliphatic carbocycles. The first-order valence-electron chi connectivity index (χ1n) is 5.22. The maximum Gasteiger partial charge on any atom is 0.231 e. The van der Waals surface area contributed by atoms with Gasteiger partial charge in [-0.05, 0) is 24.3 Å². The summed E-state index contributed by atoms with van der Waals surface area (Å²) in [4.78, 5) is 14.7. The monoisotopic (exact) mass is 265 g/mol. The van der Waals surface area contributed by atoms with Gasteiger partial charge >= 0.3 is 0 Å². The Morgan fingerprint density at radius 2 is 1.94 bits per heavy atom. The van der Waals surface area contributed by atoms with Gasteiger partial charge in [0.25, 0.3) is 0 Å². The molecule has 2 aromatic rings. The smallest absolute Gasteiger partial charge is 0.231 e. The molecule has 0 N–H and O–H groups in total. The molecule has 4 heteroatoms. The van der Waals surface area contributed by atoms with Crippen LogP contribution in [0.4, 0.5) is 5.69 Å². The average molecular weight is 266 g/mol. The van der Waals surface area contributed by atoms with Crippen molar-refractivity contribution in [2.75, 3.05) is 11.9 Å². The second-order valence-electron chi connectivity index (χ2n) is 3.67. The standard InChI is InChI=1S/C13H12ClNOS/c1-15(10-5-3-2-4-6-10)13(16)9-11-7-8-12(14)17-11/h2-8H,9H2,1H3. The Bertz CT molecular complexity index is 509. The van der Waals surface area contributed by atoms with Crippen molar-refractivity contribution < 1.29 is 4.79 Å². The van der Waals surface area contributed by atoms with Crippen LogP contribution in [0.5, 0.6) is 0 Å². The Balaban J connectivity index is 2.06. The van der Waals surface area contributed by atoms with Crippen LogP contribution in [0.25, 0.3) is 0 Å². The third-order valence-electron chi connectivity index (χ3n) is 2.47. The molecule has 0 fully saturated rings. The molecular formula is C13H12ClNOS. The maximum atomic E-state index is 12.0. The zero-order chi connectivity index (χ0) is 12.3. The highest BCUT2D eigenvalue weighted by molar-refractivity contribution is 7.16. The van der Waals surface area contributed by atoms with Crippen LogP contribution < -0.4 is 4.90 Å². The predicted molar refractivity (Wildman–Crippen MR) is 72.9 cm³/mol. The molecule has 88 valence electrons. The summed E-state index contributed by atoms with van der Waals surface area (Å²) >= 11 is 7.28. The third-order valence-corrected chi connectivity index (χ3v) is 3.70. The fourth-order valence-corrected chi connectivity index (χ4v) is 2.59. The molecule has 0 unspecified atom stereocenters. The topological polar surface area (TPSA) is 20.3 Å². The summed E-state index contributed by atoms with van der Waals surface area (Å²) in [6.07, 6.45) is 0.392. The van der Waals surface area contributed by atoms with E-state index in [-0.39, 0.29) is 5.91 Å². The number of nitrogens with zero attached hydrogens (tertiary/aromatic N) is 1. The number of likely N-dealkylation sites (N-methyl/N-ethyl adjacent to an activating group) is 1. The van der Waals surface area contributed by atoms with E-state index in [9.17, 15) is 4.79 Å². The highest BCUT2D eigenvalue weighted by Gasteiger charge is 2.12. The van der Waals surface area contributed by atoms with Gasteiger partial charge in [0.1, 0.15) is 0 Å². The molecular weight excluding hydrogens is 254 g/mol. The van der Waals surface area contributed by atoms with E-state index < -0.39 is 0 Å². The number of carbonyl (C=O) groups is 1. The molecule has 1 aromatic heterocycles. The van der Waals surface area contributed by atoms with Crippen LogP contribution in [-0.4, -0.2) is 13.0 Å². The molecule has 1 amide bonds. The van der Waals surface area contributed by atoms with Gasteiger partial charge in [-0.3, -0.25) is 4.79 Å². The predicted octanol–water partition coefficient (Wildman–Crippen LogP) is 3.61. The first-order chi connectivity index (χ1) is 8.16. The van der Waals surface area contributed by atoms with Crippen LogP contribution in [0, 0.1) is 0 Å². The van der Waals surface area contributed by atoms with Crippen LogP contribution in [-0.2, 0) is 11.2 Å². The van der Waals surface area contributed by atoms with Gasteiger partial charge in [-0.1, -0.05) is 29.8 Å². The second-order valence-corrected chi connectivity index (χ2v) is 5.47. The minimum absolute atomic E-state index is 0.0646. The molecule has 2 nitrogen and oxygen atoms in total. The van der Waals surface area contributed by atoms with Crippen LogP contribution >= 0.6 is 22.9 Å². The van der Waals surface area contributed by atoms with Crippen molar-refractivity contribution in [3.8, 4) is 0 Å². The molecule has 17 heavy (non-hydrogen) atoms. The number of carbonyl (C=O) groups excluding carboxylic acids is 1. The molecule has 0 saturated carbocycles. The van der Waals surface area contributed by atoms with E-state index in [0.717, 1.165) is 14.9 Å². The Hall–Kier alpha value is -1.32. The highest BCUT2D eigenvalue weighted by Crippen LogP contribution is 2.22. The van der Waals surface area contributed by atoms with E-state index in [1.54, 1.807) is 11.9 Å². The number of para-hydroxylation sites is 1. The van der Waals surface area contributed by atoms with Crippen molar-refractivity contribution in [2.24, 2.45) is 0 Å². The van der Waals surface area contributed by atoms with Crippen LogP contribution in [0.3, 0.4) is 0 Å². The van der Waals surface area contributed by atoms with Crippen molar-refractivity contribution in [3.63, 3.8) is 0 Å². The minimum atomic E-state index is 0.0646. The Morgan fingerprint density at radius 3 is 2.53 bits per heavy atom. The minimum Gasteiger partial charge on any atom is -0.315 e. The summed E-state index contributed by atoms with van der Waals surface area (Å²) in [7, 11) is 1.78. The fraction of sp³-hybridized carbons (Fsp3) is 0.154. The SMILES string of the molecule is CN(C(=O)Cc1ccc(Cl)s1)c1ccccc1. The number of hydrogen-bond acceptors (Lipinski definition) is 2. The van der Waals surface area contributed by atoms with E-state index >= 15 is 0 Å². The van der Waals surface area contributed by atoms with Gasteiger partial charge in [-0.15, -0.1) is 11.3 Å². The van der Waals surface area contributed by atoms with Gasteiger partial charge < -0.3 is 4.90 Å². The average Bonchev–Trinajstić information content (AvgIpc) is 2.75. The lowest BCUT2D eigenvalue weighted by Gasteiger charge is -2.16. The molecule has 0 aliphatic rings. The Labute approximate surface area is 109 Å². The number of anilines is 1. The van der Waals surface area contributed by atoms with Crippen molar-refractivity contribution in [1.29, 1.82) is 0 Å². The Kier molecular flexibility index (Phi) is 3.82. The van der Waals surface area contributed by atoms with E-state index in [0.29, 0.717) is 6.42 Å². The largest absolute Gasteiger partial charge is 0.315 e. The summed E-state index contributed by atoms with van der Waals surface area (Å²) in [5.41, 5.74) is 0.903. The first kappa shape index (κ1) is 12.1. The van der Waals surface area contributed by atoms with Gasteiger partial charge in [-0.25, -0.2) is 0 Å². The van der Waals surface area contributed by atoms with Gasteiger partial charge in [0, 0.05) is 17.6 Å². The molecule has 0 aliphatic heterocycles. The summed E-state index contributed by atoms with van der Waals surface area (Å²) in [5, 5.41) is 0. The second kappa shape index (κ2) is 5.34. The molecule has 0 atom stereocenters. The molecule has 1 aromatic carbocycles. The molecule has 2 rings (SSSR count). The molecule has 1 heterocycles. The summed E-state index contributed by atoms with van der Waals surface area (Å²) in [6, 6.07) is 13.3. The summed E-state index contributed by atoms with van der Waals surface area (Å²) in [6.45, 7) is 0. The first-order valence-corrected chi connectivity index (χ1v) is 6.42.